The molecule has 1 aliphatic rings. The summed E-state index contributed by atoms with van der Waals surface area (Å²) in [6.07, 6.45) is 1.56. The van der Waals surface area contributed by atoms with Crippen LogP contribution in [0.15, 0.2) is 42.5 Å². The molecule has 1 unspecified atom stereocenters. The minimum absolute atomic E-state index is 0.105. The molecule has 0 bridgehead atoms. The maximum atomic E-state index is 13.2. The summed E-state index contributed by atoms with van der Waals surface area (Å²) in [4.78, 5) is 38.8. The molecule has 1 N–H and O–H groups in total. The third-order valence-corrected chi connectivity index (χ3v) is 5.23. The van der Waals surface area contributed by atoms with E-state index in [0.29, 0.717) is 24.3 Å². The Balaban J connectivity index is 1.86. The van der Waals surface area contributed by atoms with Crippen LogP contribution in [-0.2, 0) is 20.7 Å². The number of methoxy groups -OCH3 is 2. The first kappa shape index (κ1) is 21.4. The van der Waals surface area contributed by atoms with Gasteiger partial charge in [-0.05, 0) is 48.2 Å². The Labute approximate surface area is 176 Å². The maximum Gasteiger partial charge on any atom is 0.338 e. The van der Waals surface area contributed by atoms with Crippen molar-refractivity contribution < 1.29 is 23.9 Å². The summed E-state index contributed by atoms with van der Waals surface area (Å²) in [5, 5.41) is 2.86. The number of fused-ring (bicyclic) bond motifs is 1. The highest BCUT2D eigenvalue weighted by atomic mass is 16.5. The van der Waals surface area contributed by atoms with Gasteiger partial charge in [-0.1, -0.05) is 18.2 Å². The molecule has 7 heteroatoms. The van der Waals surface area contributed by atoms with Gasteiger partial charge in [0.1, 0.15) is 5.75 Å². The molecule has 7 nitrogen and oxygen atoms in total. The summed E-state index contributed by atoms with van der Waals surface area (Å²) in [6, 6.07) is 12.1. The van der Waals surface area contributed by atoms with Gasteiger partial charge in [0.25, 0.3) is 0 Å². The number of hydrogen-bond acceptors (Lipinski definition) is 5. The molecule has 1 aliphatic heterocycles. The Morgan fingerprint density at radius 3 is 2.47 bits per heavy atom. The van der Waals surface area contributed by atoms with Gasteiger partial charge < -0.3 is 19.7 Å². The van der Waals surface area contributed by atoms with Crippen LogP contribution < -0.4 is 15.0 Å². The normalized spacial score (nSPS) is 13.8. The molecule has 0 fully saturated rings. The van der Waals surface area contributed by atoms with Crippen LogP contribution in [0.5, 0.6) is 5.75 Å². The van der Waals surface area contributed by atoms with Crippen molar-refractivity contribution in [2.24, 2.45) is 0 Å². The summed E-state index contributed by atoms with van der Waals surface area (Å²) in [5.74, 6) is -0.0365. The fraction of sp³-hybridized carbons (Fsp3) is 0.348. The lowest BCUT2D eigenvalue weighted by atomic mass is 9.95. The predicted molar refractivity (Wildman–Crippen MR) is 113 cm³/mol. The molecule has 1 atom stereocenters. The van der Waals surface area contributed by atoms with Gasteiger partial charge in [-0.15, -0.1) is 0 Å². The first-order valence-corrected chi connectivity index (χ1v) is 9.86. The zero-order valence-corrected chi connectivity index (χ0v) is 17.4. The van der Waals surface area contributed by atoms with E-state index in [1.54, 1.807) is 36.3 Å². The van der Waals surface area contributed by atoms with Crippen molar-refractivity contribution in [2.75, 3.05) is 25.7 Å². The van der Waals surface area contributed by atoms with E-state index >= 15 is 0 Å². The molecule has 158 valence electrons. The largest absolute Gasteiger partial charge is 0.497 e. The molecule has 3 rings (SSSR count). The molecular weight excluding hydrogens is 384 g/mol. The Bertz CT molecular complexity index is 939. The number of carbonyl (C=O) groups excluding carboxylic acids is 3. The Morgan fingerprint density at radius 1 is 1.10 bits per heavy atom. The topological polar surface area (TPSA) is 84.9 Å². The zero-order valence-electron chi connectivity index (χ0n) is 17.4. The van der Waals surface area contributed by atoms with E-state index in [1.807, 2.05) is 18.2 Å². The lowest BCUT2D eigenvalue weighted by Crippen LogP contribution is -2.39. The van der Waals surface area contributed by atoms with Gasteiger partial charge in [0, 0.05) is 19.2 Å². The van der Waals surface area contributed by atoms with E-state index in [-0.39, 0.29) is 18.2 Å². The van der Waals surface area contributed by atoms with E-state index in [9.17, 15) is 14.4 Å². The highest BCUT2D eigenvalue weighted by Gasteiger charge is 2.28. The summed E-state index contributed by atoms with van der Waals surface area (Å²) < 4.78 is 10.1. The van der Waals surface area contributed by atoms with Crippen LogP contribution in [0, 0.1) is 0 Å². The second-order valence-corrected chi connectivity index (χ2v) is 7.17. The average molecular weight is 410 g/mol. The van der Waals surface area contributed by atoms with Gasteiger partial charge >= 0.3 is 5.97 Å². The number of anilines is 1. The number of nitrogens with zero attached hydrogens (tertiary/aromatic N) is 1. The highest BCUT2D eigenvalue weighted by Crippen LogP contribution is 2.32. The summed E-state index contributed by atoms with van der Waals surface area (Å²) in [7, 11) is 2.93. The molecule has 0 aliphatic carbocycles. The summed E-state index contributed by atoms with van der Waals surface area (Å²) in [6.45, 7) is 1.99. The third-order valence-electron chi connectivity index (χ3n) is 5.23. The Morgan fingerprint density at radius 2 is 1.83 bits per heavy atom. The number of amides is 2. The van der Waals surface area contributed by atoms with Gasteiger partial charge in [0.05, 0.1) is 32.2 Å². The van der Waals surface area contributed by atoms with Crippen LogP contribution in [-0.4, -0.2) is 38.5 Å². The number of hydrogen-bond donors (Lipinski definition) is 1. The lowest BCUT2D eigenvalue weighted by Gasteiger charge is -2.32. The van der Waals surface area contributed by atoms with Crippen LogP contribution in [0.25, 0.3) is 0 Å². The summed E-state index contributed by atoms with van der Waals surface area (Å²) in [5.41, 5.74) is 2.86. The predicted octanol–water partition coefficient (Wildman–Crippen LogP) is 3.03. The molecule has 30 heavy (non-hydrogen) atoms. The SMILES string of the molecule is COC(=O)c1cccc2c1CCCN2C(=O)CC(NC(C)=O)c1ccc(OC)cc1. The van der Waals surface area contributed by atoms with Crippen molar-refractivity contribution in [3.05, 3.63) is 59.2 Å². The molecule has 0 spiro atoms. The molecule has 2 aromatic carbocycles. The van der Waals surface area contributed by atoms with Crippen LogP contribution >= 0.6 is 0 Å². The molecule has 0 radical (unpaired) electrons. The molecule has 0 saturated heterocycles. The van der Waals surface area contributed by atoms with Crippen molar-refractivity contribution in [2.45, 2.75) is 32.2 Å². The second kappa shape index (κ2) is 9.43. The molecule has 2 aromatic rings. The minimum atomic E-state index is -0.463. The van der Waals surface area contributed by atoms with Gasteiger partial charge in [0.2, 0.25) is 11.8 Å². The van der Waals surface area contributed by atoms with E-state index < -0.39 is 12.0 Å². The zero-order chi connectivity index (χ0) is 21.7. The van der Waals surface area contributed by atoms with Crippen molar-refractivity contribution >= 4 is 23.5 Å². The number of carbonyl (C=O) groups is 3. The third kappa shape index (κ3) is 4.62. The number of ether oxygens (including phenoxy) is 2. The molecule has 2 amide bonds. The van der Waals surface area contributed by atoms with Gasteiger partial charge in [-0.2, -0.15) is 0 Å². The lowest BCUT2D eigenvalue weighted by molar-refractivity contribution is -0.121. The standard InChI is InChI=1S/C23H26N2O5/c1-15(26)24-20(16-9-11-17(29-2)12-10-16)14-22(27)25-13-5-7-18-19(23(28)30-3)6-4-8-21(18)25/h4,6,8-12,20H,5,7,13-14H2,1-3H3,(H,24,26). The van der Waals surface area contributed by atoms with Crippen LogP contribution in [0.2, 0.25) is 0 Å². The Kier molecular flexibility index (Phi) is 6.72. The van der Waals surface area contributed by atoms with Gasteiger partial charge in [-0.25, -0.2) is 4.79 Å². The van der Waals surface area contributed by atoms with Crippen molar-refractivity contribution in [3.63, 3.8) is 0 Å². The van der Waals surface area contributed by atoms with Crippen molar-refractivity contribution in [1.29, 1.82) is 0 Å². The summed E-state index contributed by atoms with van der Waals surface area (Å²) >= 11 is 0. The minimum Gasteiger partial charge on any atom is -0.497 e. The Hall–Kier alpha value is -3.35. The number of benzene rings is 2. The highest BCUT2D eigenvalue weighted by molar-refractivity contribution is 5.99. The fourth-order valence-corrected chi connectivity index (χ4v) is 3.80. The average Bonchev–Trinajstić information content (AvgIpc) is 2.77. The van der Waals surface area contributed by atoms with Gasteiger partial charge in [0.15, 0.2) is 0 Å². The van der Waals surface area contributed by atoms with Crippen LogP contribution in [0.1, 0.15) is 47.3 Å². The van der Waals surface area contributed by atoms with E-state index in [1.165, 1.54) is 14.0 Å². The number of esters is 1. The number of nitrogens with one attached hydrogen (secondary N) is 1. The van der Waals surface area contributed by atoms with E-state index in [2.05, 4.69) is 5.32 Å². The van der Waals surface area contributed by atoms with Crippen LogP contribution in [0.4, 0.5) is 5.69 Å². The first-order chi connectivity index (χ1) is 14.4. The quantitative estimate of drug-likeness (QED) is 0.740. The smallest absolute Gasteiger partial charge is 0.338 e. The number of rotatable bonds is 6. The monoisotopic (exact) mass is 410 g/mol. The molecule has 0 aromatic heterocycles. The van der Waals surface area contributed by atoms with E-state index in [4.69, 9.17) is 9.47 Å². The fourth-order valence-electron chi connectivity index (χ4n) is 3.80. The van der Waals surface area contributed by atoms with Crippen molar-refractivity contribution in [3.8, 4) is 5.75 Å². The second-order valence-electron chi connectivity index (χ2n) is 7.17. The molecular formula is C23H26N2O5. The first-order valence-electron chi connectivity index (χ1n) is 9.86. The molecule has 1 heterocycles. The van der Waals surface area contributed by atoms with E-state index in [0.717, 1.165) is 23.2 Å². The van der Waals surface area contributed by atoms with Crippen LogP contribution in [0.3, 0.4) is 0 Å². The van der Waals surface area contributed by atoms with Crippen molar-refractivity contribution in [1.82, 2.24) is 5.32 Å². The molecule has 0 saturated carbocycles. The van der Waals surface area contributed by atoms with Gasteiger partial charge in [-0.3, -0.25) is 9.59 Å². The maximum absolute atomic E-state index is 13.2.